The molecule has 0 atom stereocenters. The van der Waals surface area contributed by atoms with Gasteiger partial charge in [-0.1, -0.05) is 11.8 Å². The van der Waals surface area contributed by atoms with E-state index in [0.29, 0.717) is 5.69 Å². The molecule has 134 valence electrons. The molecule has 7 heteroatoms. The van der Waals surface area contributed by atoms with Gasteiger partial charge in [0.15, 0.2) is 5.57 Å². The monoisotopic (exact) mass is 373 g/mol. The van der Waals surface area contributed by atoms with Gasteiger partial charge in [-0.05, 0) is 48.5 Å². The fraction of sp³-hybridized carbons (Fsp3) is 0.158. The van der Waals surface area contributed by atoms with Crippen LogP contribution < -0.4 is 5.32 Å². The van der Waals surface area contributed by atoms with Crippen LogP contribution in [0.3, 0.4) is 0 Å². The summed E-state index contributed by atoms with van der Waals surface area (Å²) in [4.78, 5) is 25.6. The van der Waals surface area contributed by atoms with Gasteiger partial charge in [-0.15, -0.1) is 0 Å². The van der Waals surface area contributed by atoms with E-state index in [0.717, 1.165) is 9.79 Å². The third-order valence-electron chi connectivity index (χ3n) is 3.40. The first-order valence-electron chi connectivity index (χ1n) is 7.79. The summed E-state index contributed by atoms with van der Waals surface area (Å²) in [5.41, 5.74) is 0.487. The van der Waals surface area contributed by atoms with E-state index in [2.05, 4.69) is 5.32 Å². The van der Waals surface area contributed by atoms with Crippen molar-refractivity contribution in [3.8, 4) is 0 Å². The van der Waals surface area contributed by atoms with Crippen molar-refractivity contribution in [3.63, 3.8) is 0 Å². The molecule has 1 N–H and O–H groups in total. The Bertz CT molecular complexity index is 838. The Kier molecular flexibility index (Phi) is 4.99. The lowest BCUT2D eigenvalue weighted by molar-refractivity contribution is -0.222. The maximum atomic E-state index is 12.9. The molecule has 0 spiro atoms. The second-order valence-electron chi connectivity index (χ2n) is 5.96. The number of carbonyl (C=O) groups is 2. The highest BCUT2D eigenvalue weighted by atomic mass is 32.2. The van der Waals surface area contributed by atoms with E-state index in [4.69, 9.17) is 9.47 Å². The number of anilines is 1. The van der Waals surface area contributed by atoms with Crippen molar-refractivity contribution in [3.05, 3.63) is 66.1 Å². The predicted molar refractivity (Wildman–Crippen MR) is 94.9 cm³/mol. The molecule has 0 unspecified atom stereocenters. The number of cyclic esters (lactones) is 2. The molecule has 0 aromatic heterocycles. The minimum Gasteiger partial charge on any atom is -0.419 e. The molecule has 1 aliphatic heterocycles. The zero-order valence-electron chi connectivity index (χ0n) is 14.1. The highest BCUT2D eigenvalue weighted by molar-refractivity contribution is 7.99. The molecule has 1 saturated heterocycles. The van der Waals surface area contributed by atoms with E-state index in [-0.39, 0.29) is 11.4 Å². The van der Waals surface area contributed by atoms with Gasteiger partial charge in [0.1, 0.15) is 5.82 Å². The Balaban J connectivity index is 1.65. The highest BCUT2D eigenvalue weighted by Crippen LogP contribution is 2.29. The quantitative estimate of drug-likeness (QED) is 0.494. The SMILES string of the molecule is CC1(C)OC(=O)C(=CNc2ccc(Sc3ccc(F)cc3)cc2)C(=O)O1. The first kappa shape index (κ1) is 18.0. The fourth-order valence-electron chi connectivity index (χ4n) is 2.19. The van der Waals surface area contributed by atoms with Crippen LogP contribution in [0, 0.1) is 5.82 Å². The maximum Gasteiger partial charge on any atom is 0.350 e. The van der Waals surface area contributed by atoms with Crippen molar-refractivity contribution >= 4 is 29.4 Å². The molecule has 2 aromatic carbocycles. The number of benzene rings is 2. The normalized spacial score (nSPS) is 15.9. The van der Waals surface area contributed by atoms with Crippen molar-refractivity contribution < 1.29 is 23.5 Å². The van der Waals surface area contributed by atoms with Gasteiger partial charge in [0.2, 0.25) is 0 Å². The van der Waals surface area contributed by atoms with Gasteiger partial charge < -0.3 is 14.8 Å². The molecule has 26 heavy (non-hydrogen) atoms. The highest BCUT2D eigenvalue weighted by Gasteiger charge is 2.38. The molecular formula is C19H16FNO4S. The van der Waals surface area contributed by atoms with Crippen molar-refractivity contribution in [1.82, 2.24) is 0 Å². The summed E-state index contributed by atoms with van der Waals surface area (Å²) in [7, 11) is 0. The first-order valence-corrected chi connectivity index (χ1v) is 8.61. The van der Waals surface area contributed by atoms with E-state index in [9.17, 15) is 14.0 Å². The summed E-state index contributed by atoms with van der Waals surface area (Å²) in [6, 6.07) is 13.6. The van der Waals surface area contributed by atoms with Crippen LogP contribution in [0.1, 0.15) is 13.8 Å². The summed E-state index contributed by atoms with van der Waals surface area (Å²) < 4.78 is 23.0. The summed E-state index contributed by atoms with van der Waals surface area (Å²) in [6.45, 7) is 2.98. The van der Waals surface area contributed by atoms with Crippen LogP contribution in [0.15, 0.2) is 70.1 Å². The zero-order chi connectivity index (χ0) is 18.7. The molecule has 1 aliphatic rings. The third kappa shape index (κ3) is 4.43. The summed E-state index contributed by atoms with van der Waals surface area (Å²) in [6.07, 6.45) is 1.27. The van der Waals surface area contributed by atoms with E-state index in [1.54, 1.807) is 24.3 Å². The van der Waals surface area contributed by atoms with E-state index in [1.165, 1.54) is 43.9 Å². The van der Waals surface area contributed by atoms with Crippen molar-refractivity contribution in [2.24, 2.45) is 0 Å². The molecule has 0 saturated carbocycles. The number of halogens is 1. The van der Waals surface area contributed by atoms with E-state index < -0.39 is 17.7 Å². The molecule has 0 aliphatic carbocycles. The molecule has 0 amide bonds. The summed E-state index contributed by atoms with van der Waals surface area (Å²) in [5, 5.41) is 2.88. The second kappa shape index (κ2) is 7.21. The Morgan fingerprint density at radius 2 is 1.42 bits per heavy atom. The number of hydrogen-bond donors (Lipinski definition) is 1. The van der Waals surface area contributed by atoms with Crippen LogP contribution in [0.5, 0.6) is 0 Å². The van der Waals surface area contributed by atoms with E-state index in [1.807, 2.05) is 12.1 Å². The van der Waals surface area contributed by atoms with Crippen LogP contribution in [0.25, 0.3) is 0 Å². The Morgan fingerprint density at radius 1 is 0.923 bits per heavy atom. The number of nitrogens with one attached hydrogen (secondary N) is 1. The van der Waals surface area contributed by atoms with Crippen LogP contribution in [-0.2, 0) is 19.1 Å². The first-order chi connectivity index (χ1) is 12.3. The minimum absolute atomic E-state index is 0.200. The molecule has 2 aromatic rings. The fourth-order valence-corrected chi connectivity index (χ4v) is 3.01. The maximum absolute atomic E-state index is 12.9. The van der Waals surface area contributed by atoms with Crippen molar-refractivity contribution in [2.75, 3.05) is 5.32 Å². The molecular weight excluding hydrogens is 357 g/mol. The van der Waals surface area contributed by atoms with Gasteiger partial charge in [-0.2, -0.15) is 0 Å². The van der Waals surface area contributed by atoms with Crippen LogP contribution in [0.2, 0.25) is 0 Å². The standard InChI is InChI=1S/C19H16FNO4S/c1-19(2)24-17(22)16(18(23)25-19)11-21-13-5-9-15(10-6-13)26-14-7-3-12(20)4-8-14/h3-11,21H,1-2H3. The average Bonchev–Trinajstić information content (AvgIpc) is 2.56. The Labute approximate surface area is 154 Å². The number of carbonyl (C=O) groups excluding carboxylic acids is 2. The number of hydrogen-bond acceptors (Lipinski definition) is 6. The average molecular weight is 373 g/mol. The van der Waals surface area contributed by atoms with Crippen molar-refractivity contribution in [2.45, 2.75) is 29.4 Å². The summed E-state index contributed by atoms with van der Waals surface area (Å²) >= 11 is 1.49. The Morgan fingerprint density at radius 3 is 1.96 bits per heavy atom. The van der Waals surface area contributed by atoms with Gasteiger partial charge in [-0.25, -0.2) is 14.0 Å². The molecule has 1 fully saturated rings. The molecule has 3 rings (SSSR count). The van der Waals surface area contributed by atoms with Crippen LogP contribution in [-0.4, -0.2) is 17.7 Å². The Hall–Kier alpha value is -2.80. The van der Waals surface area contributed by atoms with Gasteiger partial charge in [0, 0.05) is 35.5 Å². The van der Waals surface area contributed by atoms with Gasteiger partial charge in [0.05, 0.1) is 0 Å². The molecule has 1 heterocycles. The minimum atomic E-state index is -1.26. The van der Waals surface area contributed by atoms with Crippen LogP contribution in [0.4, 0.5) is 10.1 Å². The van der Waals surface area contributed by atoms with Crippen LogP contribution >= 0.6 is 11.8 Å². The van der Waals surface area contributed by atoms with Gasteiger partial charge in [0.25, 0.3) is 5.79 Å². The third-order valence-corrected chi connectivity index (χ3v) is 4.42. The largest absolute Gasteiger partial charge is 0.419 e. The molecule has 0 radical (unpaired) electrons. The van der Waals surface area contributed by atoms with E-state index >= 15 is 0 Å². The number of ether oxygens (including phenoxy) is 2. The lowest BCUT2D eigenvalue weighted by Crippen LogP contribution is -2.42. The molecule has 5 nitrogen and oxygen atoms in total. The molecule has 0 bridgehead atoms. The van der Waals surface area contributed by atoms with Crippen molar-refractivity contribution in [1.29, 1.82) is 0 Å². The second-order valence-corrected chi connectivity index (χ2v) is 7.11. The lowest BCUT2D eigenvalue weighted by Gasteiger charge is -2.29. The summed E-state index contributed by atoms with van der Waals surface area (Å²) in [5.74, 6) is -3.00. The smallest absolute Gasteiger partial charge is 0.350 e. The van der Waals surface area contributed by atoms with Gasteiger partial charge >= 0.3 is 11.9 Å². The number of rotatable bonds is 4. The van der Waals surface area contributed by atoms with Gasteiger partial charge in [-0.3, -0.25) is 0 Å². The zero-order valence-corrected chi connectivity index (χ0v) is 14.9. The lowest BCUT2D eigenvalue weighted by atomic mass is 10.2. The predicted octanol–water partition coefficient (Wildman–Crippen LogP) is 4.11. The number of esters is 2. The topological polar surface area (TPSA) is 64.6 Å².